The van der Waals surface area contributed by atoms with E-state index in [1.165, 1.54) is 23.8 Å². The number of nitro benzene ring substituents is 1. The molecule has 2 aromatic carbocycles. The normalized spacial score (nSPS) is 15.1. The molecule has 0 spiro atoms. The number of aromatic amines is 1. The summed E-state index contributed by atoms with van der Waals surface area (Å²) in [6.07, 6.45) is 1.51. The number of imidazole rings is 1. The fraction of sp³-hybridized carbons (Fsp3) is 0.300. The molecular formula is C20H19ClN4O3. The Morgan fingerprint density at radius 1 is 1.25 bits per heavy atom. The summed E-state index contributed by atoms with van der Waals surface area (Å²) >= 11 is 5.84. The molecule has 0 saturated carbocycles. The molecule has 1 aromatic heterocycles. The van der Waals surface area contributed by atoms with E-state index in [0.29, 0.717) is 13.1 Å². The average Bonchev–Trinajstić information content (AvgIpc) is 3.10. The van der Waals surface area contributed by atoms with E-state index in [1.807, 2.05) is 19.1 Å². The highest BCUT2D eigenvalue weighted by Gasteiger charge is 2.30. The molecule has 0 aliphatic carbocycles. The highest BCUT2D eigenvalue weighted by Crippen LogP contribution is 2.30. The maximum atomic E-state index is 12.8. The molecule has 1 N–H and O–H groups in total. The van der Waals surface area contributed by atoms with Crippen LogP contribution in [0.2, 0.25) is 5.02 Å². The number of likely N-dealkylation sites (tertiary alicyclic amines) is 1. The molecule has 2 heterocycles. The van der Waals surface area contributed by atoms with Crippen LogP contribution in [-0.2, 0) is 0 Å². The molecule has 1 fully saturated rings. The van der Waals surface area contributed by atoms with Gasteiger partial charge in [-0.05, 0) is 49.6 Å². The van der Waals surface area contributed by atoms with Gasteiger partial charge in [-0.1, -0.05) is 17.7 Å². The maximum Gasteiger partial charge on any atom is 0.283 e. The van der Waals surface area contributed by atoms with Gasteiger partial charge in [-0.2, -0.15) is 0 Å². The van der Waals surface area contributed by atoms with Crippen LogP contribution in [0.25, 0.3) is 11.0 Å². The average molecular weight is 399 g/mol. The Labute approximate surface area is 166 Å². The number of aromatic nitrogens is 2. The van der Waals surface area contributed by atoms with E-state index in [0.717, 1.165) is 29.7 Å². The first-order chi connectivity index (χ1) is 13.4. The number of carbonyl (C=O) groups excluding carboxylic acids is 1. The minimum Gasteiger partial charge on any atom is -0.342 e. The summed E-state index contributed by atoms with van der Waals surface area (Å²) in [7, 11) is 0. The highest BCUT2D eigenvalue weighted by molar-refractivity contribution is 6.31. The van der Waals surface area contributed by atoms with Gasteiger partial charge in [0.25, 0.3) is 11.6 Å². The number of benzene rings is 2. The molecule has 7 nitrogen and oxygen atoms in total. The lowest BCUT2D eigenvalue weighted by molar-refractivity contribution is -0.385. The van der Waals surface area contributed by atoms with Crippen molar-refractivity contribution in [2.24, 2.45) is 0 Å². The molecule has 0 atom stereocenters. The summed E-state index contributed by atoms with van der Waals surface area (Å²) in [5.41, 5.74) is 2.95. The van der Waals surface area contributed by atoms with Gasteiger partial charge in [0.05, 0.1) is 16.0 Å². The van der Waals surface area contributed by atoms with Crippen LogP contribution < -0.4 is 0 Å². The van der Waals surface area contributed by atoms with Crippen LogP contribution in [0.4, 0.5) is 5.69 Å². The Hall–Kier alpha value is -2.93. The number of fused-ring (bicyclic) bond motifs is 1. The first-order valence-corrected chi connectivity index (χ1v) is 9.49. The molecule has 0 radical (unpaired) electrons. The summed E-state index contributed by atoms with van der Waals surface area (Å²) in [4.78, 5) is 33.3. The van der Waals surface area contributed by atoms with Gasteiger partial charge in [-0.3, -0.25) is 14.9 Å². The van der Waals surface area contributed by atoms with Crippen LogP contribution in [0.3, 0.4) is 0 Å². The van der Waals surface area contributed by atoms with Crippen molar-refractivity contribution >= 4 is 34.2 Å². The Morgan fingerprint density at radius 3 is 2.71 bits per heavy atom. The Bertz CT molecular complexity index is 1070. The first kappa shape index (κ1) is 18.4. The number of carbonyl (C=O) groups is 1. The first-order valence-electron chi connectivity index (χ1n) is 9.12. The van der Waals surface area contributed by atoms with Crippen molar-refractivity contribution in [3.05, 3.63) is 68.5 Å². The van der Waals surface area contributed by atoms with E-state index < -0.39 is 4.92 Å². The van der Waals surface area contributed by atoms with Gasteiger partial charge >= 0.3 is 0 Å². The van der Waals surface area contributed by atoms with E-state index in [-0.39, 0.29) is 28.1 Å². The number of nitrogens with zero attached hydrogens (tertiary/aromatic N) is 3. The monoisotopic (exact) mass is 398 g/mol. The third-order valence-corrected chi connectivity index (χ3v) is 5.45. The van der Waals surface area contributed by atoms with E-state index >= 15 is 0 Å². The second-order valence-electron chi connectivity index (χ2n) is 7.13. The molecule has 4 rings (SSSR count). The molecule has 3 aromatic rings. The minimum atomic E-state index is -0.567. The molecule has 144 valence electrons. The number of nitro groups is 1. The zero-order valence-corrected chi connectivity index (χ0v) is 16.1. The number of aryl methyl sites for hydroxylation is 1. The molecule has 1 amide bonds. The second-order valence-corrected chi connectivity index (χ2v) is 7.56. The third-order valence-electron chi connectivity index (χ3n) is 5.21. The van der Waals surface area contributed by atoms with Gasteiger partial charge in [0.1, 0.15) is 11.4 Å². The number of H-pyrrole nitrogens is 1. The Kier molecular flexibility index (Phi) is 4.77. The van der Waals surface area contributed by atoms with Crippen LogP contribution in [0.1, 0.15) is 40.5 Å². The lowest BCUT2D eigenvalue weighted by Gasteiger charge is -2.31. The number of rotatable bonds is 3. The van der Waals surface area contributed by atoms with E-state index in [1.54, 1.807) is 4.90 Å². The lowest BCUT2D eigenvalue weighted by Crippen LogP contribution is -2.38. The zero-order valence-electron chi connectivity index (χ0n) is 15.3. The Morgan fingerprint density at radius 2 is 2.00 bits per heavy atom. The number of nitrogens with one attached hydrogen (secondary N) is 1. The largest absolute Gasteiger partial charge is 0.342 e. The number of hydrogen-bond donors (Lipinski definition) is 1. The third kappa shape index (κ3) is 3.45. The van der Waals surface area contributed by atoms with Gasteiger partial charge in [0.2, 0.25) is 0 Å². The van der Waals surface area contributed by atoms with E-state index in [2.05, 4.69) is 16.0 Å². The quantitative estimate of drug-likeness (QED) is 0.521. The smallest absolute Gasteiger partial charge is 0.283 e. The number of hydrogen-bond acceptors (Lipinski definition) is 4. The van der Waals surface area contributed by atoms with Crippen LogP contribution >= 0.6 is 11.6 Å². The van der Waals surface area contributed by atoms with Gasteiger partial charge in [0, 0.05) is 30.1 Å². The standard InChI is InChI=1S/C20H19ClN4O3/c1-12-2-5-16-17(10-12)23-19(22-16)13-6-8-24(9-7-13)20(26)15-4-3-14(21)11-18(15)25(27)28/h2-5,10-11,13H,6-9H2,1H3,(H,22,23). The van der Waals surface area contributed by atoms with Crippen molar-refractivity contribution in [3.8, 4) is 0 Å². The van der Waals surface area contributed by atoms with Crippen molar-refractivity contribution in [2.45, 2.75) is 25.7 Å². The predicted octanol–water partition coefficient (Wildman–Crippen LogP) is 4.45. The Balaban J connectivity index is 1.49. The molecule has 8 heteroatoms. The van der Waals surface area contributed by atoms with Crippen molar-refractivity contribution in [1.82, 2.24) is 14.9 Å². The zero-order chi connectivity index (χ0) is 19.8. The van der Waals surface area contributed by atoms with Gasteiger partial charge in [-0.15, -0.1) is 0 Å². The van der Waals surface area contributed by atoms with Gasteiger partial charge in [0.15, 0.2) is 0 Å². The van der Waals surface area contributed by atoms with E-state index in [9.17, 15) is 14.9 Å². The summed E-state index contributed by atoms with van der Waals surface area (Å²) in [6.45, 7) is 3.10. The second kappa shape index (κ2) is 7.24. The van der Waals surface area contributed by atoms with Crippen molar-refractivity contribution < 1.29 is 9.72 Å². The summed E-state index contributed by atoms with van der Waals surface area (Å²) in [6, 6.07) is 10.3. The van der Waals surface area contributed by atoms with Crippen molar-refractivity contribution in [3.63, 3.8) is 0 Å². The molecule has 0 unspecified atom stereocenters. The van der Waals surface area contributed by atoms with Crippen molar-refractivity contribution in [2.75, 3.05) is 13.1 Å². The van der Waals surface area contributed by atoms with E-state index in [4.69, 9.17) is 11.6 Å². The highest BCUT2D eigenvalue weighted by atomic mass is 35.5. The number of halogens is 1. The topological polar surface area (TPSA) is 92.1 Å². The molecule has 1 aliphatic heterocycles. The molecule has 28 heavy (non-hydrogen) atoms. The summed E-state index contributed by atoms with van der Waals surface area (Å²) < 4.78 is 0. The fourth-order valence-electron chi connectivity index (χ4n) is 3.70. The fourth-order valence-corrected chi connectivity index (χ4v) is 3.87. The number of piperidine rings is 1. The summed E-state index contributed by atoms with van der Waals surface area (Å²) in [5, 5.41) is 11.5. The van der Waals surface area contributed by atoms with Crippen LogP contribution in [0.5, 0.6) is 0 Å². The maximum absolute atomic E-state index is 12.8. The molecule has 1 saturated heterocycles. The SMILES string of the molecule is Cc1ccc2nc(C3CCN(C(=O)c4ccc(Cl)cc4[N+](=O)[O-])CC3)[nH]c2c1. The van der Waals surface area contributed by atoms with Gasteiger partial charge < -0.3 is 9.88 Å². The molecular weight excluding hydrogens is 380 g/mol. The van der Waals surface area contributed by atoms with Crippen molar-refractivity contribution in [1.29, 1.82) is 0 Å². The van der Waals surface area contributed by atoms with Crippen LogP contribution in [0, 0.1) is 17.0 Å². The number of amides is 1. The van der Waals surface area contributed by atoms with Gasteiger partial charge in [-0.25, -0.2) is 4.98 Å². The minimum absolute atomic E-state index is 0.0760. The predicted molar refractivity (Wildman–Crippen MR) is 107 cm³/mol. The summed E-state index contributed by atoms with van der Waals surface area (Å²) in [5.74, 6) is 0.837. The lowest BCUT2D eigenvalue weighted by atomic mass is 9.95. The molecule has 0 bridgehead atoms. The molecule has 1 aliphatic rings. The van der Waals surface area contributed by atoms with Crippen LogP contribution in [0.15, 0.2) is 36.4 Å². The van der Waals surface area contributed by atoms with Crippen LogP contribution in [-0.4, -0.2) is 38.8 Å².